The minimum Gasteiger partial charge on any atom is -0.406 e. The second-order valence-corrected chi connectivity index (χ2v) is 11.7. The van der Waals surface area contributed by atoms with Crippen molar-refractivity contribution < 1.29 is 22.7 Å². The molecular weight excluding hydrogens is 589 g/mol. The molecule has 44 heavy (non-hydrogen) atoms. The summed E-state index contributed by atoms with van der Waals surface area (Å²) in [4.78, 5) is 24.1. The van der Waals surface area contributed by atoms with Crippen molar-refractivity contribution in [2.45, 2.75) is 50.9 Å². The zero-order valence-corrected chi connectivity index (χ0v) is 24.8. The number of alkyl halides is 3. The number of benzene rings is 3. The normalized spacial score (nSPS) is 19.5. The van der Waals surface area contributed by atoms with Crippen LogP contribution in [-0.2, 0) is 6.42 Å². The van der Waals surface area contributed by atoms with Crippen LogP contribution in [0.3, 0.4) is 0 Å². The van der Waals surface area contributed by atoms with Crippen molar-refractivity contribution in [3.05, 3.63) is 90.3 Å². The Kier molecular flexibility index (Phi) is 8.60. The van der Waals surface area contributed by atoms with Crippen LogP contribution in [-0.4, -0.2) is 50.7 Å². The summed E-state index contributed by atoms with van der Waals surface area (Å²) in [6.45, 7) is 2.95. The molecule has 12 heteroatoms. The Hall–Kier alpha value is -4.32. The number of carbonyl (C=O) groups excluding carboxylic acids is 1. The third kappa shape index (κ3) is 6.75. The molecule has 4 aromatic rings. The number of carbonyl (C=O) groups is 1. The lowest BCUT2D eigenvalue weighted by Gasteiger charge is -2.22. The molecule has 1 aliphatic heterocycles. The minimum atomic E-state index is -4.75. The molecule has 6 rings (SSSR count). The second kappa shape index (κ2) is 12.7. The molecule has 3 aromatic carbocycles. The first-order valence-electron chi connectivity index (χ1n) is 14.5. The average molecular weight is 621 g/mol. The molecule has 0 bridgehead atoms. The molecule has 0 radical (unpaired) electrons. The topological polar surface area (TPSA) is 84.6 Å². The van der Waals surface area contributed by atoms with E-state index in [1.807, 2.05) is 36.4 Å². The summed E-state index contributed by atoms with van der Waals surface area (Å²) >= 11 is 1.61. The molecule has 1 aliphatic carbocycles. The molecule has 2 atom stereocenters. The van der Waals surface area contributed by atoms with Gasteiger partial charge >= 0.3 is 12.4 Å². The van der Waals surface area contributed by atoms with E-state index in [9.17, 15) is 18.0 Å². The van der Waals surface area contributed by atoms with Crippen molar-refractivity contribution in [1.29, 1.82) is 0 Å². The molecule has 8 nitrogen and oxygen atoms in total. The summed E-state index contributed by atoms with van der Waals surface area (Å²) < 4.78 is 42.8. The number of amides is 2. The van der Waals surface area contributed by atoms with Gasteiger partial charge in [-0.25, -0.2) is 14.5 Å². The van der Waals surface area contributed by atoms with E-state index in [1.165, 1.54) is 40.8 Å². The van der Waals surface area contributed by atoms with Crippen molar-refractivity contribution in [2.75, 3.05) is 17.2 Å². The van der Waals surface area contributed by atoms with Gasteiger partial charge in [-0.05, 0) is 60.7 Å². The number of hydrogen-bond donors (Lipinski definition) is 1. The number of nitrogens with zero attached hydrogens (tertiary/aromatic N) is 5. The summed E-state index contributed by atoms with van der Waals surface area (Å²) in [5, 5.41) is 8.40. The number of aromatic nitrogens is 3. The van der Waals surface area contributed by atoms with Gasteiger partial charge in [0.1, 0.15) is 12.1 Å². The summed E-state index contributed by atoms with van der Waals surface area (Å²) in [6, 6.07) is 21.3. The number of ether oxygens (including phenoxy) is 1. The Bertz CT molecular complexity index is 1640. The van der Waals surface area contributed by atoms with Gasteiger partial charge in [0.25, 0.3) is 0 Å². The highest BCUT2D eigenvalue weighted by atomic mass is 32.2. The molecule has 2 heterocycles. The quantitative estimate of drug-likeness (QED) is 0.233. The first kappa shape index (κ1) is 29.7. The van der Waals surface area contributed by atoms with Gasteiger partial charge in [-0.1, -0.05) is 67.6 Å². The largest absolute Gasteiger partial charge is 0.573 e. The first-order chi connectivity index (χ1) is 21.3. The third-order valence-electron chi connectivity index (χ3n) is 7.89. The van der Waals surface area contributed by atoms with Gasteiger partial charge in [-0.15, -0.1) is 18.3 Å². The maximum Gasteiger partial charge on any atom is 0.573 e. The van der Waals surface area contributed by atoms with Crippen LogP contribution in [0.5, 0.6) is 5.75 Å². The van der Waals surface area contributed by atoms with Gasteiger partial charge in [-0.2, -0.15) is 4.99 Å². The lowest BCUT2D eigenvalue weighted by atomic mass is 9.93. The van der Waals surface area contributed by atoms with Gasteiger partial charge in [0.05, 0.1) is 5.69 Å². The number of aliphatic imine (C=N–C) groups is 1. The molecule has 228 valence electrons. The Morgan fingerprint density at radius 3 is 2.59 bits per heavy atom. The number of urea groups is 1. The predicted octanol–water partition coefficient (Wildman–Crippen LogP) is 7.35. The van der Waals surface area contributed by atoms with E-state index in [0.29, 0.717) is 11.5 Å². The highest BCUT2D eigenvalue weighted by Gasteiger charge is 2.32. The third-order valence-corrected chi connectivity index (χ3v) is 8.84. The van der Waals surface area contributed by atoms with Crippen LogP contribution in [0.2, 0.25) is 0 Å². The van der Waals surface area contributed by atoms with Crippen LogP contribution in [0.4, 0.5) is 23.7 Å². The molecule has 2 fully saturated rings. The number of thioether (sulfide) groups is 1. The highest BCUT2D eigenvalue weighted by Crippen LogP contribution is 2.36. The van der Waals surface area contributed by atoms with Crippen molar-refractivity contribution in [3.8, 4) is 22.8 Å². The van der Waals surface area contributed by atoms with Gasteiger partial charge in [0.2, 0.25) is 0 Å². The molecule has 2 amide bonds. The number of rotatable bonds is 7. The fraction of sp³-hybridized carbons (Fsp3) is 0.312. The van der Waals surface area contributed by atoms with Gasteiger partial charge in [0.15, 0.2) is 11.0 Å². The van der Waals surface area contributed by atoms with Gasteiger partial charge < -0.3 is 15.0 Å². The average Bonchev–Trinajstić information content (AvgIpc) is 3.79. The lowest BCUT2D eigenvalue weighted by molar-refractivity contribution is -0.274. The first-order valence-corrected chi connectivity index (χ1v) is 15.5. The zero-order chi connectivity index (χ0) is 30.7. The highest BCUT2D eigenvalue weighted by molar-refractivity contribution is 8.14. The number of hydrogen-bond acceptors (Lipinski definition) is 5. The summed E-state index contributed by atoms with van der Waals surface area (Å²) in [5.74, 6) is 1.24. The van der Waals surface area contributed by atoms with E-state index in [0.717, 1.165) is 60.0 Å². The Morgan fingerprint density at radius 1 is 1.07 bits per heavy atom. The van der Waals surface area contributed by atoms with Crippen molar-refractivity contribution >= 4 is 28.6 Å². The second-order valence-electron chi connectivity index (χ2n) is 10.6. The van der Waals surface area contributed by atoms with Gasteiger partial charge in [-0.3, -0.25) is 0 Å². The Balaban J connectivity index is 1.10. The van der Waals surface area contributed by atoms with E-state index < -0.39 is 6.36 Å². The van der Waals surface area contributed by atoms with E-state index in [1.54, 1.807) is 11.8 Å². The molecule has 1 saturated heterocycles. The van der Waals surface area contributed by atoms with Crippen molar-refractivity contribution in [3.63, 3.8) is 0 Å². The number of aryl methyl sites for hydroxylation is 1. The van der Waals surface area contributed by atoms with Crippen molar-refractivity contribution in [2.24, 2.45) is 4.99 Å². The van der Waals surface area contributed by atoms with Crippen LogP contribution in [0.15, 0.2) is 84.1 Å². The predicted molar refractivity (Wildman–Crippen MR) is 165 cm³/mol. The van der Waals surface area contributed by atoms with Crippen LogP contribution < -0.4 is 15.0 Å². The van der Waals surface area contributed by atoms with E-state index in [4.69, 9.17) is 0 Å². The smallest absolute Gasteiger partial charge is 0.406 e. The Morgan fingerprint density at radius 2 is 1.84 bits per heavy atom. The number of nitrogens with one attached hydrogen (secondary N) is 1. The van der Waals surface area contributed by atoms with Gasteiger partial charge in [0, 0.05) is 35.5 Å². The molecule has 0 spiro atoms. The number of para-hydroxylation sites is 1. The molecule has 2 aliphatic rings. The van der Waals surface area contributed by atoms with Crippen LogP contribution in [0, 0.1) is 0 Å². The number of anilines is 1. The molecule has 1 aromatic heterocycles. The van der Waals surface area contributed by atoms with E-state index in [2.05, 4.69) is 49.1 Å². The molecule has 1 saturated carbocycles. The molecule has 2 unspecified atom stereocenters. The monoisotopic (exact) mass is 620 g/mol. The van der Waals surface area contributed by atoms with Crippen LogP contribution in [0.25, 0.3) is 17.1 Å². The number of amidine groups is 1. The minimum absolute atomic E-state index is 0.0119. The number of halogens is 3. The maximum absolute atomic E-state index is 13.1. The van der Waals surface area contributed by atoms with Crippen LogP contribution >= 0.6 is 11.8 Å². The summed E-state index contributed by atoms with van der Waals surface area (Å²) in [6.07, 6.45) is 0.540. The van der Waals surface area contributed by atoms with E-state index >= 15 is 0 Å². The lowest BCUT2D eigenvalue weighted by Crippen LogP contribution is -2.36. The fourth-order valence-corrected chi connectivity index (χ4v) is 6.75. The zero-order valence-electron chi connectivity index (χ0n) is 24.0. The SMILES string of the molecule is CCc1ccccc1N1CCS/C1=N\C(=O)NC1CCCC1c1ccc(-c2ncn(-c3ccc(OC(F)(F)F)cc3)n2)cc1. The van der Waals surface area contributed by atoms with Crippen molar-refractivity contribution in [1.82, 2.24) is 20.1 Å². The maximum atomic E-state index is 13.1. The standard InChI is InChI=1S/C32H31F3N6O2S/c1-2-21-6-3-4-9-28(21)40-18-19-44-31(40)38-30(42)37-27-8-5-7-26(27)22-10-12-23(13-11-22)29-36-20-41(39-29)24-14-16-25(17-15-24)43-32(33,34)35/h3-4,6,9-17,20,26-27H,2,5,7-8,18-19H2,1H3,(H,37,42)/b38-31-. The molecular formula is C32H31F3N6O2S. The summed E-state index contributed by atoms with van der Waals surface area (Å²) in [5.41, 5.74) is 4.82. The summed E-state index contributed by atoms with van der Waals surface area (Å²) in [7, 11) is 0. The Labute approximate surface area is 257 Å². The van der Waals surface area contributed by atoms with Crippen LogP contribution in [0.1, 0.15) is 43.2 Å². The van der Waals surface area contributed by atoms with E-state index in [-0.39, 0.29) is 23.7 Å². The molecule has 1 N–H and O–H groups in total. The fourth-order valence-electron chi connectivity index (χ4n) is 5.80.